The molecule has 4 aliphatic rings. The lowest BCUT2D eigenvalue weighted by Gasteiger charge is -2.31. The van der Waals surface area contributed by atoms with E-state index in [0.717, 1.165) is 40.7 Å². The average Bonchev–Trinajstić information content (AvgIpc) is 3.68. The molecule has 1 saturated heterocycles. The third kappa shape index (κ3) is 5.37. The molecule has 0 unspecified atom stereocenters. The molecular formula is C32H23Cl4FN6O3. The Bertz CT molecular complexity index is 1900. The molecule has 0 N–H and O–H groups in total. The fraction of sp³-hybridized carbons (Fsp3) is 0.250. The molecule has 3 aromatic rings. The number of hydrogen-bond donors (Lipinski definition) is 0. The molecule has 9 nitrogen and oxygen atoms in total. The molecule has 3 heterocycles. The lowest BCUT2D eigenvalue weighted by atomic mass is 9.77. The Balaban J connectivity index is 1.21. The van der Waals surface area contributed by atoms with E-state index >= 15 is 0 Å². The van der Waals surface area contributed by atoms with Crippen LogP contribution < -0.4 is 4.90 Å². The normalized spacial score (nSPS) is 24.6. The number of hydrazone groups is 1. The smallest absolute Gasteiger partial charge is 0.264 e. The number of carbonyl (C=O) groups is 3. The number of rotatable bonds is 5. The summed E-state index contributed by atoms with van der Waals surface area (Å²) in [7, 11) is 0. The van der Waals surface area contributed by atoms with E-state index in [0.29, 0.717) is 32.1 Å². The number of allylic oxidation sites excluding steroid dienone is 1. The van der Waals surface area contributed by atoms with Crippen LogP contribution in [0.5, 0.6) is 0 Å². The van der Waals surface area contributed by atoms with Gasteiger partial charge in [0, 0.05) is 26.0 Å². The predicted octanol–water partition coefficient (Wildman–Crippen LogP) is 7.56. The first-order valence-electron chi connectivity index (χ1n) is 14.4. The van der Waals surface area contributed by atoms with Gasteiger partial charge in [-0.1, -0.05) is 69.8 Å². The minimum atomic E-state index is -1.16. The van der Waals surface area contributed by atoms with Gasteiger partial charge in [0.25, 0.3) is 17.7 Å². The second-order valence-corrected chi connectivity index (χ2v) is 13.0. The summed E-state index contributed by atoms with van der Waals surface area (Å²) >= 11 is 25.5. The summed E-state index contributed by atoms with van der Waals surface area (Å²) in [5.74, 6) is -2.57. The zero-order valence-electron chi connectivity index (χ0n) is 23.8. The van der Waals surface area contributed by atoms with Crippen LogP contribution in [0.2, 0.25) is 20.1 Å². The molecule has 46 heavy (non-hydrogen) atoms. The molecule has 234 valence electrons. The van der Waals surface area contributed by atoms with E-state index in [1.54, 1.807) is 30.3 Å². The third-order valence-corrected chi connectivity index (χ3v) is 9.68. The first kappa shape index (κ1) is 30.8. The Labute approximate surface area is 282 Å². The van der Waals surface area contributed by atoms with Gasteiger partial charge in [-0.25, -0.2) is 14.3 Å². The van der Waals surface area contributed by atoms with E-state index < -0.39 is 48.2 Å². The molecule has 0 bridgehead atoms. The zero-order valence-corrected chi connectivity index (χ0v) is 26.8. The standard InChI is InChI=1S/C32H23Cl4FN6O3/c33-18-8-7-16(24(35)12-18)11-17-3-1-6-23-27(17)39-43(29(23)22-10-9-19(34)13-25(22)36)26(44)15-41-30-28(38-40-41)31(45)42(32(30)46)21-5-2-4-20(37)14-21/h2,4-5,7-14,23,28-30H,1,3,6,15H2/b17-11+/t23-,28+,29-,30+/m1/s1. The van der Waals surface area contributed by atoms with Crippen LogP contribution in [-0.4, -0.2) is 52.1 Å². The number of amides is 3. The van der Waals surface area contributed by atoms with Crippen molar-refractivity contribution >= 4 is 81.6 Å². The maximum Gasteiger partial charge on any atom is 0.264 e. The fourth-order valence-corrected chi connectivity index (χ4v) is 7.48. The van der Waals surface area contributed by atoms with E-state index in [2.05, 4.69) is 10.3 Å². The molecule has 4 atom stereocenters. The number of hydrogen-bond acceptors (Lipinski definition) is 7. The molecule has 14 heteroatoms. The molecule has 1 aliphatic carbocycles. The molecule has 0 spiro atoms. The van der Waals surface area contributed by atoms with Crippen LogP contribution >= 0.6 is 46.4 Å². The Hall–Kier alpha value is -3.83. The van der Waals surface area contributed by atoms with E-state index in [-0.39, 0.29) is 11.6 Å². The number of halogens is 5. The van der Waals surface area contributed by atoms with E-state index in [1.165, 1.54) is 28.2 Å². The molecule has 1 saturated carbocycles. The lowest BCUT2D eigenvalue weighted by molar-refractivity contribution is -0.136. The van der Waals surface area contributed by atoms with Crippen molar-refractivity contribution in [1.29, 1.82) is 0 Å². The van der Waals surface area contributed by atoms with Crippen molar-refractivity contribution in [2.24, 2.45) is 21.4 Å². The molecule has 0 radical (unpaired) electrons. The van der Waals surface area contributed by atoms with Crippen LogP contribution in [0.15, 0.2) is 81.7 Å². The molecular weight excluding hydrogens is 677 g/mol. The Morgan fingerprint density at radius 2 is 1.70 bits per heavy atom. The van der Waals surface area contributed by atoms with Gasteiger partial charge in [0.1, 0.15) is 12.4 Å². The maximum absolute atomic E-state index is 14.1. The molecule has 3 aromatic carbocycles. The highest BCUT2D eigenvalue weighted by Gasteiger charge is 2.56. The second kappa shape index (κ2) is 12.1. The quantitative estimate of drug-likeness (QED) is 0.257. The van der Waals surface area contributed by atoms with Crippen molar-refractivity contribution in [2.45, 2.75) is 37.4 Å². The zero-order chi connectivity index (χ0) is 32.3. The van der Waals surface area contributed by atoms with Gasteiger partial charge < -0.3 is 0 Å². The topological polar surface area (TPSA) is 98.0 Å². The average molecular weight is 700 g/mol. The third-order valence-electron chi connectivity index (χ3n) is 8.55. The van der Waals surface area contributed by atoms with E-state index in [1.807, 2.05) is 12.1 Å². The molecule has 3 amide bonds. The Morgan fingerprint density at radius 3 is 2.43 bits per heavy atom. The Morgan fingerprint density at radius 1 is 0.935 bits per heavy atom. The van der Waals surface area contributed by atoms with E-state index in [4.69, 9.17) is 51.5 Å². The summed E-state index contributed by atoms with van der Waals surface area (Å²) in [6.07, 6.45) is 4.25. The van der Waals surface area contributed by atoms with E-state index in [9.17, 15) is 18.8 Å². The monoisotopic (exact) mass is 698 g/mol. The first-order valence-corrected chi connectivity index (χ1v) is 15.9. The maximum atomic E-state index is 14.1. The summed E-state index contributed by atoms with van der Waals surface area (Å²) in [6.45, 7) is -0.395. The SMILES string of the molecule is O=C1[C@H]2N=NN(CC(=O)N3N=C4/C(=C/c5ccc(Cl)cc5Cl)CCC[C@H]4[C@H]3c3ccc(Cl)cc3Cl)[C@@H]2C(=O)N1c1cccc(F)c1. The Kier molecular flexibility index (Phi) is 8.09. The number of fused-ring (bicyclic) bond motifs is 2. The largest absolute Gasteiger partial charge is 0.271 e. The van der Waals surface area contributed by atoms with Crippen molar-refractivity contribution in [3.63, 3.8) is 0 Å². The highest BCUT2D eigenvalue weighted by atomic mass is 35.5. The molecule has 3 aliphatic heterocycles. The van der Waals surface area contributed by atoms with Crippen molar-refractivity contribution in [2.75, 3.05) is 11.4 Å². The van der Waals surface area contributed by atoms with Crippen molar-refractivity contribution in [3.05, 3.63) is 103 Å². The van der Waals surface area contributed by atoms with Gasteiger partial charge in [0.2, 0.25) is 0 Å². The number of benzene rings is 3. The summed E-state index contributed by atoms with van der Waals surface area (Å²) in [6, 6.07) is 12.6. The molecule has 0 aromatic heterocycles. The summed E-state index contributed by atoms with van der Waals surface area (Å²) in [4.78, 5) is 41.6. The van der Waals surface area contributed by atoms with Gasteiger partial charge >= 0.3 is 0 Å². The van der Waals surface area contributed by atoms with Gasteiger partial charge in [-0.3, -0.25) is 19.4 Å². The first-order chi connectivity index (χ1) is 22.1. The number of nitrogens with zero attached hydrogens (tertiary/aromatic N) is 6. The van der Waals surface area contributed by atoms with Crippen LogP contribution in [0.3, 0.4) is 0 Å². The number of imide groups is 1. The van der Waals surface area contributed by atoms with Gasteiger partial charge in [0.05, 0.1) is 17.4 Å². The summed E-state index contributed by atoms with van der Waals surface area (Å²) < 4.78 is 13.9. The van der Waals surface area contributed by atoms with Gasteiger partial charge in [-0.05, 0) is 84.5 Å². The molecule has 7 rings (SSSR count). The van der Waals surface area contributed by atoms with Crippen LogP contribution in [0.4, 0.5) is 10.1 Å². The van der Waals surface area contributed by atoms with Gasteiger partial charge in [-0.15, -0.1) is 0 Å². The van der Waals surface area contributed by atoms with Crippen molar-refractivity contribution in [1.82, 2.24) is 10.0 Å². The van der Waals surface area contributed by atoms with Crippen LogP contribution in [-0.2, 0) is 14.4 Å². The summed E-state index contributed by atoms with van der Waals surface area (Å²) in [5.41, 5.74) is 3.17. The van der Waals surface area contributed by atoms with Gasteiger partial charge in [-0.2, -0.15) is 10.2 Å². The fourth-order valence-electron chi connectivity index (χ4n) is 6.50. The minimum absolute atomic E-state index is 0.0819. The highest BCUT2D eigenvalue weighted by molar-refractivity contribution is 6.36. The lowest BCUT2D eigenvalue weighted by Crippen LogP contribution is -2.45. The van der Waals surface area contributed by atoms with Crippen LogP contribution in [0.25, 0.3) is 6.08 Å². The second-order valence-electron chi connectivity index (χ2n) is 11.4. The number of carbonyl (C=O) groups excluding carboxylic acids is 3. The van der Waals surface area contributed by atoms with Crippen molar-refractivity contribution in [3.8, 4) is 0 Å². The van der Waals surface area contributed by atoms with Crippen LogP contribution in [0.1, 0.15) is 36.4 Å². The number of anilines is 1. The highest BCUT2D eigenvalue weighted by Crippen LogP contribution is 2.47. The van der Waals surface area contributed by atoms with Crippen molar-refractivity contribution < 1.29 is 18.8 Å². The minimum Gasteiger partial charge on any atom is -0.271 e. The predicted molar refractivity (Wildman–Crippen MR) is 173 cm³/mol. The van der Waals surface area contributed by atoms with Gasteiger partial charge in [0.15, 0.2) is 12.1 Å². The molecule has 2 fully saturated rings. The summed E-state index contributed by atoms with van der Waals surface area (Å²) in [5, 5.41) is 17.3. The van der Waals surface area contributed by atoms with Crippen LogP contribution in [0, 0.1) is 11.7 Å².